The first-order chi connectivity index (χ1) is 5.27. The van der Waals surface area contributed by atoms with Crippen molar-refractivity contribution >= 4 is 28.7 Å². The lowest BCUT2D eigenvalue weighted by molar-refractivity contribution is 0.0992. The maximum Gasteiger partial charge on any atom is 0.172 e. The van der Waals surface area contributed by atoms with Crippen LogP contribution >= 0.6 is 22.9 Å². The van der Waals surface area contributed by atoms with E-state index in [4.69, 9.17) is 11.6 Å². The summed E-state index contributed by atoms with van der Waals surface area (Å²) < 4.78 is 0. The van der Waals surface area contributed by atoms with Gasteiger partial charge in [-0.05, 0) is 17.0 Å². The largest absolute Gasteiger partial charge is 0.293 e. The summed E-state index contributed by atoms with van der Waals surface area (Å²) in [4.78, 5) is 11.9. The van der Waals surface area contributed by atoms with Crippen molar-refractivity contribution in [2.24, 2.45) is 0 Å². The van der Waals surface area contributed by atoms with Crippen LogP contribution in [0.3, 0.4) is 0 Å². The van der Waals surface area contributed by atoms with Crippen molar-refractivity contribution in [3.63, 3.8) is 0 Å². The first-order valence-electron chi connectivity index (χ1n) is 3.44. The maximum absolute atomic E-state index is 11.1. The van der Waals surface area contributed by atoms with Crippen molar-refractivity contribution in [2.75, 3.05) is 0 Å². The van der Waals surface area contributed by atoms with Gasteiger partial charge in [0.05, 0.1) is 4.88 Å². The van der Waals surface area contributed by atoms with Crippen LogP contribution in [0.5, 0.6) is 0 Å². The molecule has 0 radical (unpaired) electrons. The van der Waals surface area contributed by atoms with Gasteiger partial charge in [0.15, 0.2) is 5.78 Å². The number of ketones is 1. The Bertz CT molecular complexity index is 254. The quantitative estimate of drug-likeness (QED) is 0.526. The first-order valence-corrected chi connectivity index (χ1v) is 4.86. The van der Waals surface area contributed by atoms with E-state index in [0.29, 0.717) is 12.3 Å². The lowest BCUT2D eigenvalue weighted by Crippen LogP contribution is -1.90. The van der Waals surface area contributed by atoms with Gasteiger partial charge in [0.25, 0.3) is 0 Å². The Morgan fingerprint density at radius 1 is 1.73 bits per heavy atom. The minimum Gasteiger partial charge on any atom is -0.293 e. The minimum absolute atomic E-state index is 0.200. The zero-order chi connectivity index (χ0) is 8.27. The second-order valence-electron chi connectivity index (χ2n) is 2.23. The number of carbonyl (C=O) groups excluding carboxylic acids is 1. The average Bonchev–Trinajstić information content (AvgIpc) is 2.50. The highest BCUT2D eigenvalue weighted by molar-refractivity contribution is 7.12. The lowest BCUT2D eigenvalue weighted by atomic mass is 10.2. The summed E-state index contributed by atoms with van der Waals surface area (Å²) in [5, 5.41) is 1.93. The van der Waals surface area contributed by atoms with E-state index >= 15 is 0 Å². The molecule has 0 aliphatic heterocycles. The summed E-state index contributed by atoms with van der Waals surface area (Å²) >= 11 is 7.06. The van der Waals surface area contributed by atoms with E-state index in [-0.39, 0.29) is 5.78 Å². The first kappa shape index (κ1) is 8.75. The van der Waals surface area contributed by atoms with Crippen molar-refractivity contribution in [1.29, 1.82) is 0 Å². The summed E-state index contributed by atoms with van der Waals surface area (Å²) in [6.07, 6.45) is 0.572. The van der Waals surface area contributed by atoms with Crippen LogP contribution in [0.2, 0.25) is 0 Å². The molecule has 60 valence electrons. The van der Waals surface area contributed by atoms with Crippen molar-refractivity contribution in [3.05, 3.63) is 21.9 Å². The van der Waals surface area contributed by atoms with Crippen LogP contribution in [0.4, 0.5) is 0 Å². The van der Waals surface area contributed by atoms with Crippen LogP contribution in [0.1, 0.15) is 28.6 Å². The predicted octanol–water partition coefficient (Wildman–Crippen LogP) is 3.08. The number of hydrogen-bond acceptors (Lipinski definition) is 2. The van der Waals surface area contributed by atoms with Crippen LogP contribution in [-0.4, -0.2) is 5.78 Å². The molecule has 1 aromatic heterocycles. The number of thiophene rings is 1. The Kier molecular flexibility index (Phi) is 3.09. The zero-order valence-corrected chi connectivity index (χ0v) is 7.84. The molecule has 1 rings (SSSR count). The van der Waals surface area contributed by atoms with E-state index in [1.165, 1.54) is 11.3 Å². The molecular weight excluding hydrogens is 180 g/mol. The molecule has 0 amide bonds. The van der Waals surface area contributed by atoms with E-state index in [9.17, 15) is 4.79 Å². The fourth-order valence-corrected chi connectivity index (χ4v) is 1.94. The smallest absolute Gasteiger partial charge is 0.172 e. The molecule has 0 atom stereocenters. The second-order valence-corrected chi connectivity index (χ2v) is 3.41. The van der Waals surface area contributed by atoms with Gasteiger partial charge in [-0.25, -0.2) is 0 Å². The van der Waals surface area contributed by atoms with E-state index in [1.807, 2.05) is 18.4 Å². The molecule has 0 saturated carbocycles. The maximum atomic E-state index is 11.1. The van der Waals surface area contributed by atoms with Crippen LogP contribution in [0.15, 0.2) is 11.4 Å². The fraction of sp³-hybridized carbons (Fsp3) is 0.375. The summed E-state index contributed by atoms with van der Waals surface area (Å²) in [7, 11) is 0. The third-order valence-electron chi connectivity index (χ3n) is 1.40. The Morgan fingerprint density at radius 2 is 2.45 bits per heavy atom. The number of alkyl halides is 1. The van der Waals surface area contributed by atoms with Gasteiger partial charge in [-0.2, -0.15) is 0 Å². The van der Waals surface area contributed by atoms with E-state index in [1.54, 1.807) is 0 Å². The molecule has 0 aromatic carbocycles. The molecule has 0 fully saturated rings. The Morgan fingerprint density at radius 3 is 2.91 bits per heavy atom. The molecule has 0 saturated heterocycles. The highest BCUT2D eigenvalue weighted by Gasteiger charge is 2.05. The number of hydrogen-bond donors (Lipinski definition) is 0. The van der Waals surface area contributed by atoms with Crippen LogP contribution in [0, 0.1) is 0 Å². The Labute approximate surface area is 75.0 Å². The third kappa shape index (κ3) is 2.04. The van der Waals surface area contributed by atoms with Crippen LogP contribution in [0.25, 0.3) is 0 Å². The van der Waals surface area contributed by atoms with Gasteiger partial charge in [-0.1, -0.05) is 6.92 Å². The number of carbonyl (C=O) groups is 1. The van der Waals surface area contributed by atoms with E-state index < -0.39 is 0 Å². The second kappa shape index (κ2) is 3.88. The number of Topliss-reactive ketones (excluding diaryl/α,β-unsaturated/α-hetero) is 1. The molecular formula is C8H9ClOS. The van der Waals surface area contributed by atoms with Gasteiger partial charge in [-0.15, -0.1) is 22.9 Å². The average molecular weight is 189 g/mol. The fourth-order valence-electron chi connectivity index (χ4n) is 0.766. The molecule has 1 aromatic rings. The lowest BCUT2D eigenvalue weighted by Gasteiger charge is -1.87. The number of halogens is 1. The molecule has 0 aliphatic rings. The van der Waals surface area contributed by atoms with Gasteiger partial charge >= 0.3 is 0 Å². The minimum atomic E-state index is 0.200. The summed E-state index contributed by atoms with van der Waals surface area (Å²) in [6, 6.07) is 1.86. The summed E-state index contributed by atoms with van der Waals surface area (Å²) in [5.74, 6) is 0.694. The normalized spacial score (nSPS) is 10.0. The molecule has 0 bridgehead atoms. The number of rotatable bonds is 3. The highest BCUT2D eigenvalue weighted by atomic mass is 35.5. The van der Waals surface area contributed by atoms with Crippen molar-refractivity contribution in [2.45, 2.75) is 19.2 Å². The van der Waals surface area contributed by atoms with Gasteiger partial charge in [0.1, 0.15) is 0 Å². The van der Waals surface area contributed by atoms with Crippen molar-refractivity contribution in [3.8, 4) is 0 Å². The molecule has 1 nitrogen and oxygen atoms in total. The highest BCUT2D eigenvalue weighted by Crippen LogP contribution is 2.17. The van der Waals surface area contributed by atoms with Crippen LogP contribution < -0.4 is 0 Å². The molecule has 1 heterocycles. The monoisotopic (exact) mass is 188 g/mol. The summed E-state index contributed by atoms with van der Waals surface area (Å²) in [6.45, 7) is 1.86. The molecule has 0 N–H and O–H groups in total. The van der Waals surface area contributed by atoms with E-state index in [2.05, 4.69) is 0 Å². The molecule has 11 heavy (non-hydrogen) atoms. The van der Waals surface area contributed by atoms with Crippen molar-refractivity contribution in [1.82, 2.24) is 0 Å². The van der Waals surface area contributed by atoms with Gasteiger partial charge in [-0.3, -0.25) is 4.79 Å². The summed E-state index contributed by atoms with van der Waals surface area (Å²) in [5.41, 5.74) is 1.04. The molecule has 3 heteroatoms. The van der Waals surface area contributed by atoms with Crippen LogP contribution in [-0.2, 0) is 5.88 Å². The predicted molar refractivity (Wildman–Crippen MR) is 48.5 cm³/mol. The molecule has 0 spiro atoms. The van der Waals surface area contributed by atoms with Gasteiger partial charge < -0.3 is 0 Å². The van der Waals surface area contributed by atoms with E-state index in [0.717, 1.165) is 10.4 Å². The van der Waals surface area contributed by atoms with Gasteiger partial charge in [0.2, 0.25) is 0 Å². The third-order valence-corrected chi connectivity index (χ3v) is 2.73. The van der Waals surface area contributed by atoms with Gasteiger partial charge in [0, 0.05) is 12.3 Å². The standard InChI is InChI=1S/C8H9ClOS/c1-2-7(10)8-3-6(4-9)5-11-8/h3,5H,2,4H2,1H3. The molecule has 0 unspecified atom stereocenters. The molecule has 0 aliphatic carbocycles. The topological polar surface area (TPSA) is 17.1 Å². The van der Waals surface area contributed by atoms with Crippen molar-refractivity contribution < 1.29 is 4.79 Å². The Balaban J connectivity index is 2.80. The SMILES string of the molecule is CCC(=O)c1cc(CCl)cs1. The zero-order valence-electron chi connectivity index (χ0n) is 6.26. The Hall–Kier alpha value is -0.340.